The monoisotopic (exact) mass is 956 g/mol. The second-order valence-electron chi connectivity index (χ2n) is 20.9. The van der Waals surface area contributed by atoms with E-state index >= 15 is 0 Å². The lowest BCUT2D eigenvalue weighted by Gasteiger charge is -2.60. The van der Waals surface area contributed by atoms with Gasteiger partial charge in [-0.3, -0.25) is 4.79 Å². The summed E-state index contributed by atoms with van der Waals surface area (Å²) in [6.07, 6.45) is 22.1. The van der Waals surface area contributed by atoms with Crippen LogP contribution in [0.15, 0.2) is 65.9 Å². The van der Waals surface area contributed by atoms with E-state index in [-0.39, 0.29) is 62.7 Å². The van der Waals surface area contributed by atoms with E-state index in [1.54, 1.807) is 12.1 Å². The second kappa shape index (κ2) is 25.0. The van der Waals surface area contributed by atoms with Crippen LogP contribution in [0.3, 0.4) is 0 Å². The van der Waals surface area contributed by atoms with E-state index < -0.39 is 29.4 Å². The van der Waals surface area contributed by atoms with Crippen LogP contribution in [0.25, 0.3) is 0 Å². The van der Waals surface area contributed by atoms with Crippen molar-refractivity contribution in [2.45, 2.75) is 180 Å². The molecule has 0 saturated heterocycles. The number of fused-ring (bicyclic) bond motifs is 3. The number of nitrogens with one attached hydrogen (secondary N) is 1. The molecule has 2 heterocycles. The number of aliphatic hydroxyl groups is 2. The van der Waals surface area contributed by atoms with Crippen LogP contribution in [0.2, 0.25) is 0 Å². The van der Waals surface area contributed by atoms with Gasteiger partial charge in [0, 0.05) is 50.1 Å². The van der Waals surface area contributed by atoms with Crippen LogP contribution in [0, 0.1) is 23.7 Å². The molecule has 2 fully saturated rings. The van der Waals surface area contributed by atoms with Crippen molar-refractivity contribution in [3.05, 3.63) is 71.8 Å². The van der Waals surface area contributed by atoms with Crippen LogP contribution >= 0.6 is 0 Å². The zero-order valence-corrected chi connectivity index (χ0v) is 42.0. The van der Waals surface area contributed by atoms with Gasteiger partial charge < -0.3 is 49.0 Å². The second-order valence-corrected chi connectivity index (χ2v) is 20.9. The van der Waals surface area contributed by atoms with E-state index in [0.717, 1.165) is 80.2 Å². The Labute approximate surface area is 411 Å². The molecule has 13 heteroatoms. The number of amides is 2. The first-order valence-electron chi connectivity index (χ1n) is 26.4. The average molecular weight is 956 g/mol. The van der Waals surface area contributed by atoms with Gasteiger partial charge in [0.25, 0.3) is 0 Å². The normalized spacial score (nSPS) is 23.9. The Kier molecular flexibility index (Phi) is 18.9. The third-order valence-electron chi connectivity index (χ3n) is 14.5. The summed E-state index contributed by atoms with van der Waals surface area (Å²) in [5.74, 6) is 0.0982. The van der Waals surface area contributed by atoms with Crippen molar-refractivity contribution in [2.24, 2.45) is 28.8 Å². The Balaban J connectivity index is 1.27. The topological polar surface area (TPSA) is 158 Å². The Morgan fingerprint density at radius 2 is 1.58 bits per heavy atom. The third kappa shape index (κ3) is 13.4. The number of carbonyl (C=O) groups excluding carboxylic acids is 2. The minimum Gasteiger partial charge on any atom is -0.459 e. The minimum atomic E-state index is -1.42. The maximum absolute atomic E-state index is 15.0. The van der Waals surface area contributed by atoms with Crippen molar-refractivity contribution in [3.8, 4) is 23.0 Å². The summed E-state index contributed by atoms with van der Waals surface area (Å²) < 4.78 is 32.2. The zero-order valence-electron chi connectivity index (χ0n) is 42.0. The van der Waals surface area contributed by atoms with Crippen molar-refractivity contribution in [1.82, 2.24) is 10.2 Å². The fourth-order valence-electron chi connectivity index (χ4n) is 11.0. The SMILES string of the molecule is C=CCO[C@@]12Oc3ccc(OC(=O)NCCCCCCCCCCCC)cc3[C@H]3[C@H](CCCCO)[C@@H](CCCCO)C=C(C(=NOC(C)(C)C)C[C@@H]1N(Cc1ccc4c(c1)OCO4)C(=O)C1CC1)[C@H]32. The van der Waals surface area contributed by atoms with Crippen LogP contribution in [0.4, 0.5) is 4.79 Å². The van der Waals surface area contributed by atoms with Gasteiger partial charge in [0.15, 0.2) is 11.5 Å². The number of hydrogen-bond acceptors (Lipinski definition) is 11. The summed E-state index contributed by atoms with van der Waals surface area (Å²) in [6.45, 7) is 13.5. The first kappa shape index (κ1) is 52.2. The summed E-state index contributed by atoms with van der Waals surface area (Å²) >= 11 is 0. The van der Waals surface area contributed by atoms with Crippen LogP contribution in [0.1, 0.15) is 167 Å². The van der Waals surface area contributed by atoms with Crippen molar-refractivity contribution < 1.29 is 48.3 Å². The largest absolute Gasteiger partial charge is 0.459 e. The number of aliphatic hydroxyl groups excluding tert-OH is 2. The minimum absolute atomic E-state index is 0.0174. The summed E-state index contributed by atoms with van der Waals surface area (Å²) in [5, 5.41) is 28.0. The summed E-state index contributed by atoms with van der Waals surface area (Å²) in [4.78, 5) is 36.7. The molecule has 2 amide bonds. The van der Waals surface area contributed by atoms with Crippen LogP contribution in [-0.2, 0) is 20.9 Å². The predicted molar refractivity (Wildman–Crippen MR) is 268 cm³/mol. The van der Waals surface area contributed by atoms with Crippen LogP contribution in [-0.4, -0.2) is 83.4 Å². The molecule has 380 valence electrons. The van der Waals surface area contributed by atoms with Gasteiger partial charge in [-0.05, 0) is 119 Å². The molecular formula is C56H81N3O10. The van der Waals surface area contributed by atoms with Crippen LogP contribution < -0.4 is 24.3 Å². The number of carbonyl (C=O) groups is 2. The van der Waals surface area contributed by atoms with Crippen molar-refractivity contribution in [1.29, 1.82) is 0 Å². The molecule has 7 rings (SSSR count). The highest BCUT2D eigenvalue weighted by Crippen LogP contribution is 2.62. The van der Waals surface area contributed by atoms with E-state index in [1.807, 2.05) is 56.0 Å². The van der Waals surface area contributed by atoms with Gasteiger partial charge >= 0.3 is 6.09 Å². The first-order valence-corrected chi connectivity index (χ1v) is 26.4. The standard InChI is InChI=1S/C56H81N3O10/c1-6-8-9-10-11-12-13-14-15-18-29-57-54(63)67-42-26-28-47-45(35-42)51-43(22-17-20-31-61)41(21-16-19-30-60)34-44-46(58-69-55(3,4)5)36-50(56(68-47,52(44)51)66-32-7-2)59(53(62)40-24-25-40)37-39-23-27-48-49(33-39)65-38-64-48/h7,23,26-28,33-35,40-41,43,50-52,60-61H,2,6,8-22,24-25,29-32,36-38H2,1,3-5H3,(H,57,63)/t41-,43+,50-,51+,52+,56+/m0/s1. The number of ether oxygens (including phenoxy) is 5. The van der Waals surface area contributed by atoms with Crippen molar-refractivity contribution in [3.63, 3.8) is 0 Å². The number of nitrogens with zero attached hydrogens (tertiary/aromatic N) is 2. The highest BCUT2D eigenvalue weighted by Gasteiger charge is 2.66. The number of unbranched alkanes of at least 4 members (excludes halogenated alkanes) is 11. The molecule has 0 bridgehead atoms. The summed E-state index contributed by atoms with van der Waals surface area (Å²) in [7, 11) is 0. The van der Waals surface area contributed by atoms with E-state index in [2.05, 4.69) is 24.9 Å². The fourth-order valence-corrected chi connectivity index (χ4v) is 11.0. The summed E-state index contributed by atoms with van der Waals surface area (Å²) in [6, 6.07) is 10.8. The molecule has 0 spiro atoms. The lowest BCUT2D eigenvalue weighted by molar-refractivity contribution is -0.258. The van der Waals surface area contributed by atoms with Gasteiger partial charge in [0.05, 0.1) is 18.2 Å². The van der Waals surface area contributed by atoms with E-state index in [4.69, 9.17) is 33.7 Å². The molecule has 5 aliphatic rings. The highest BCUT2D eigenvalue weighted by molar-refractivity contribution is 6.03. The maximum atomic E-state index is 15.0. The van der Waals surface area contributed by atoms with E-state index in [9.17, 15) is 19.8 Å². The Morgan fingerprint density at radius 1 is 0.884 bits per heavy atom. The molecule has 3 N–H and O–H groups in total. The molecule has 2 aromatic carbocycles. The number of benzene rings is 2. The lowest BCUT2D eigenvalue weighted by Crippen LogP contribution is -2.70. The van der Waals surface area contributed by atoms with Crippen molar-refractivity contribution >= 4 is 17.7 Å². The molecule has 0 unspecified atom stereocenters. The van der Waals surface area contributed by atoms with Gasteiger partial charge in [-0.15, -0.1) is 6.58 Å². The Hall–Kier alpha value is -4.59. The molecule has 0 aromatic heterocycles. The Bertz CT molecular complexity index is 2080. The first-order chi connectivity index (χ1) is 33.5. The van der Waals surface area contributed by atoms with Gasteiger partial charge in [-0.25, -0.2) is 4.79 Å². The maximum Gasteiger partial charge on any atom is 0.412 e. The number of oxime groups is 1. The molecule has 6 atom stereocenters. The number of hydrogen-bond donors (Lipinski definition) is 3. The fraction of sp³-hybridized carbons (Fsp3) is 0.661. The quantitative estimate of drug-likeness (QED) is 0.0426. The number of rotatable bonds is 28. The number of allylic oxidation sites excluding steroid dienone is 1. The lowest BCUT2D eigenvalue weighted by atomic mass is 9.55. The molecule has 2 aliphatic heterocycles. The zero-order chi connectivity index (χ0) is 48.8. The molecule has 13 nitrogen and oxygen atoms in total. The van der Waals surface area contributed by atoms with E-state index in [1.165, 1.54) is 44.9 Å². The molecule has 2 aromatic rings. The van der Waals surface area contributed by atoms with Crippen LogP contribution in [0.5, 0.6) is 23.0 Å². The smallest absolute Gasteiger partial charge is 0.412 e. The van der Waals surface area contributed by atoms with Gasteiger partial charge in [0.2, 0.25) is 18.5 Å². The average Bonchev–Trinajstić information content (AvgIpc) is 4.08. The van der Waals surface area contributed by atoms with Gasteiger partial charge in [-0.2, -0.15) is 0 Å². The molecule has 0 radical (unpaired) electrons. The molecule has 2 saturated carbocycles. The van der Waals surface area contributed by atoms with E-state index in [0.29, 0.717) is 48.8 Å². The Morgan fingerprint density at radius 3 is 2.28 bits per heavy atom. The molecular weight excluding hydrogens is 875 g/mol. The summed E-state index contributed by atoms with van der Waals surface area (Å²) in [5.41, 5.74) is 2.84. The molecule has 69 heavy (non-hydrogen) atoms. The van der Waals surface area contributed by atoms with Gasteiger partial charge in [0.1, 0.15) is 23.1 Å². The third-order valence-corrected chi connectivity index (χ3v) is 14.5. The predicted octanol–water partition coefficient (Wildman–Crippen LogP) is 11.3. The van der Waals surface area contributed by atoms with Crippen molar-refractivity contribution in [2.75, 3.05) is 33.2 Å². The highest BCUT2D eigenvalue weighted by atomic mass is 16.7. The molecule has 3 aliphatic carbocycles. The van der Waals surface area contributed by atoms with Gasteiger partial charge in [-0.1, -0.05) is 101 Å².